The Morgan fingerprint density at radius 2 is 1.80 bits per heavy atom. The van der Waals surface area contributed by atoms with Gasteiger partial charge in [-0.3, -0.25) is 0 Å². The van der Waals surface area contributed by atoms with Gasteiger partial charge in [0.1, 0.15) is 5.75 Å². The van der Waals surface area contributed by atoms with Crippen LogP contribution < -0.4 is 0 Å². The second-order valence-corrected chi connectivity index (χ2v) is 3.57. The average Bonchev–Trinajstić information content (AvgIpc) is 2.30. The highest BCUT2D eigenvalue weighted by Crippen LogP contribution is 2.28. The normalized spacial score (nSPS) is 10.2. The van der Waals surface area contributed by atoms with E-state index in [4.69, 9.17) is 0 Å². The van der Waals surface area contributed by atoms with Crippen molar-refractivity contribution in [3.63, 3.8) is 0 Å². The Kier molecular flexibility index (Phi) is 2.72. The third-order valence-electron chi connectivity index (χ3n) is 2.55. The lowest BCUT2D eigenvalue weighted by atomic mass is 10.0. The second-order valence-electron chi connectivity index (χ2n) is 3.57. The number of rotatable bonds is 2. The van der Waals surface area contributed by atoms with Crippen molar-refractivity contribution in [2.45, 2.75) is 13.3 Å². The molecule has 0 atom stereocenters. The van der Waals surface area contributed by atoms with E-state index in [1.165, 1.54) is 5.56 Å². The Morgan fingerprint density at radius 3 is 2.53 bits per heavy atom. The summed E-state index contributed by atoms with van der Waals surface area (Å²) in [7, 11) is 0. The summed E-state index contributed by atoms with van der Waals surface area (Å²) in [5.41, 5.74) is 3.26. The van der Waals surface area contributed by atoms with Gasteiger partial charge in [-0.25, -0.2) is 0 Å². The molecule has 0 spiro atoms. The molecule has 1 nitrogen and oxygen atoms in total. The maximum atomic E-state index is 9.73. The van der Waals surface area contributed by atoms with Crippen LogP contribution in [-0.4, -0.2) is 5.11 Å². The number of para-hydroxylation sites is 1. The summed E-state index contributed by atoms with van der Waals surface area (Å²) in [6.45, 7) is 2.13. The van der Waals surface area contributed by atoms with Crippen molar-refractivity contribution in [3.05, 3.63) is 54.1 Å². The lowest BCUT2D eigenvalue weighted by molar-refractivity contribution is 0.477. The second kappa shape index (κ2) is 4.18. The largest absolute Gasteiger partial charge is 0.507 e. The molecule has 0 amide bonds. The van der Waals surface area contributed by atoms with Crippen LogP contribution in [0, 0.1) is 0 Å². The molecule has 0 unspecified atom stereocenters. The summed E-state index contributed by atoms with van der Waals surface area (Å²) in [5, 5.41) is 9.73. The lowest BCUT2D eigenvalue weighted by Gasteiger charge is -2.05. The molecule has 0 aliphatic carbocycles. The van der Waals surface area contributed by atoms with Crippen molar-refractivity contribution in [2.75, 3.05) is 0 Å². The van der Waals surface area contributed by atoms with Gasteiger partial charge in [-0.15, -0.1) is 0 Å². The van der Waals surface area contributed by atoms with E-state index in [0.29, 0.717) is 5.75 Å². The monoisotopic (exact) mass is 198 g/mol. The molecule has 0 saturated carbocycles. The Balaban J connectivity index is 2.49. The summed E-state index contributed by atoms with van der Waals surface area (Å²) in [6.07, 6.45) is 1.02. The lowest BCUT2D eigenvalue weighted by Crippen LogP contribution is -1.83. The van der Waals surface area contributed by atoms with Crippen molar-refractivity contribution in [3.8, 4) is 16.9 Å². The SMILES string of the molecule is CCc1cccc(-c2ccccc2O)c1. The Hall–Kier alpha value is -1.76. The molecule has 0 aliphatic rings. The molecule has 76 valence electrons. The molecular formula is C14H14O. The third-order valence-corrected chi connectivity index (χ3v) is 2.55. The van der Waals surface area contributed by atoms with Crippen LogP contribution in [0.4, 0.5) is 0 Å². The molecule has 0 bridgehead atoms. The maximum absolute atomic E-state index is 9.73. The van der Waals surface area contributed by atoms with Crippen LogP contribution in [0.2, 0.25) is 0 Å². The predicted molar refractivity (Wildman–Crippen MR) is 62.9 cm³/mol. The molecule has 0 saturated heterocycles. The minimum atomic E-state index is 0.339. The van der Waals surface area contributed by atoms with Crippen LogP contribution in [0.15, 0.2) is 48.5 Å². The standard InChI is InChI=1S/C14H14O/c1-2-11-6-5-7-12(10-11)13-8-3-4-9-14(13)15/h3-10,15H,2H2,1H3. The minimum Gasteiger partial charge on any atom is -0.507 e. The predicted octanol–water partition coefficient (Wildman–Crippen LogP) is 3.62. The first-order valence-electron chi connectivity index (χ1n) is 5.18. The number of aryl methyl sites for hydroxylation is 1. The van der Waals surface area contributed by atoms with Crippen LogP contribution >= 0.6 is 0 Å². The number of hydrogen-bond acceptors (Lipinski definition) is 1. The van der Waals surface area contributed by atoms with E-state index < -0.39 is 0 Å². The van der Waals surface area contributed by atoms with E-state index in [2.05, 4.69) is 19.1 Å². The van der Waals surface area contributed by atoms with Crippen LogP contribution in [0.3, 0.4) is 0 Å². The quantitative estimate of drug-likeness (QED) is 0.781. The summed E-state index contributed by atoms with van der Waals surface area (Å²) < 4.78 is 0. The van der Waals surface area contributed by atoms with Gasteiger partial charge < -0.3 is 5.11 Å². The first kappa shape index (κ1) is 9.78. The van der Waals surface area contributed by atoms with Crippen molar-refractivity contribution in [1.82, 2.24) is 0 Å². The number of phenols is 1. The van der Waals surface area contributed by atoms with Crippen molar-refractivity contribution in [2.24, 2.45) is 0 Å². The molecule has 1 N–H and O–H groups in total. The van der Waals surface area contributed by atoms with Gasteiger partial charge >= 0.3 is 0 Å². The van der Waals surface area contributed by atoms with E-state index >= 15 is 0 Å². The van der Waals surface area contributed by atoms with Gasteiger partial charge in [0.15, 0.2) is 0 Å². The van der Waals surface area contributed by atoms with E-state index in [9.17, 15) is 5.11 Å². The van der Waals surface area contributed by atoms with Crippen molar-refractivity contribution in [1.29, 1.82) is 0 Å². The van der Waals surface area contributed by atoms with E-state index in [1.54, 1.807) is 6.07 Å². The number of hydrogen-bond donors (Lipinski definition) is 1. The highest BCUT2D eigenvalue weighted by Gasteiger charge is 2.02. The molecule has 2 aromatic carbocycles. The number of aromatic hydroxyl groups is 1. The molecule has 2 rings (SSSR count). The van der Waals surface area contributed by atoms with Crippen molar-refractivity contribution < 1.29 is 5.11 Å². The molecular weight excluding hydrogens is 184 g/mol. The third kappa shape index (κ3) is 2.01. The first-order valence-corrected chi connectivity index (χ1v) is 5.18. The van der Waals surface area contributed by atoms with Crippen LogP contribution in [0.25, 0.3) is 11.1 Å². The van der Waals surface area contributed by atoms with Crippen molar-refractivity contribution >= 4 is 0 Å². The molecule has 0 aromatic heterocycles. The molecule has 0 radical (unpaired) electrons. The fraction of sp³-hybridized carbons (Fsp3) is 0.143. The van der Waals surface area contributed by atoms with Gasteiger partial charge in [0.25, 0.3) is 0 Å². The molecule has 0 fully saturated rings. The van der Waals surface area contributed by atoms with Gasteiger partial charge in [0.05, 0.1) is 0 Å². The van der Waals surface area contributed by atoms with E-state index in [-0.39, 0.29) is 0 Å². The molecule has 0 aliphatic heterocycles. The van der Waals surface area contributed by atoms with Crippen LogP contribution in [0.1, 0.15) is 12.5 Å². The van der Waals surface area contributed by atoms with E-state index in [1.807, 2.05) is 30.3 Å². The maximum Gasteiger partial charge on any atom is 0.123 e. The topological polar surface area (TPSA) is 20.2 Å². The summed E-state index contributed by atoms with van der Waals surface area (Å²) >= 11 is 0. The van der Waals surface area contributed by atoms with Gasteiger partial charge in [-0.1, -0.05) is 49.4 Å². The van der Waals surface area contributed by atoms with Gasteiger partial charge in [0.2, 0.25) is 0 Å². The Labute approximate surface area is 90.0 Å². The average molecular weight is 198 g/mol. The van der Waals surface area contributed by atoms with Crippen LogP contribution in [0.5, 0.6) is 5.75 Å². The van der Waals surface area contributed by atoms with Gasteiger partial charge in [-0.2, -0.15) is 0 Å². The number of phenolic OH excluding ortho intramolecular Hbond substituents is 1. The molecule has 0 heterocycles. The summed E-state index contributed by atoms with van der Waals surface area (Å²) in [5.74, 6) is 0.339. The molecule has 15 heavy (non-hydrogen) atoms. The minimum absolute atomic E-state index is 0.339. The summed E-state index contributed by atoms with van der Waals surface area (Å²) in [4.78, 5) is 0. The fourth-order valence-corrected chi connectivity index (χ4v) is 1.68. The Bertz CT molecular complexity index is 460. The van der Waals surface area contributed by atoms with Gasteiger partial charge in [-0.05, 0) is 23.6 Å². The highest BCUT2D eigenvalue weighted by atomic mass is 16.3. The summed E-state index contributed by atoms with van der Waals surface area (Å²) in [6, 6.07) is 15.7. The zero-order chi connectivity index (χ0) is 10.7. The first-order chi connectivity index (χ1) is 7.31. The number of benzene rings is 2. The smallest absolute Gasteiger partial charge is 0.123 e. The molecule has 2 aromatic rings. The zero-order valence-corrected chi connectivity index (χ0v) is 8.77. The van der Waals surface area contributed by atoms with E-state index in [0.717, 1.165) is 17.5 Å². The molecule has 1 heteroatoms. The Morgan fingerprint density at radius 1 is 1.00 bits per heavy atom. The van der Waals surface area contributed by atoms with Gasteiger partial charge in [0, 0.05) is 5.56 Å². The fourth-order valence-electron chi connectivity index (χ4n) is 1.68. The van der Waals surface area contributed by atoms with Crippen LogP contribution in [-0.2, 0) is 6.42 Å². The zero-order valence-electron chi connectivity index (χ0n) is 8.77. The highest BCUT2D eigenvalue weighted by molar-refractivity contribution is 5.70.